The number of Topliss-reactive ketones (excluding diaryl/α,β-unsaturated/α-hetero) is 1. The summed E-state index contributed by atoms with van der Waals surface area (Å²) in [5.74, 6) is 0.255. The number of fused-ring (bicyclic) bond motifs is 3. The van der Waals surface area contributed by atoms with Gasteiger partial charge in [0.25, 0.3) is 5.56 Å². The minimum atomic E-state index is -0.648. The van der Waals surface area contributed by atoms with E-state index >= 15 is 0 Å². The van der Waals surface area contributed by atoms with Crippen LogP contribution in [0.4, 0.5) is 5.82 Å². The fraction of sp³-hybridized carbons (Fsp3) is 0.208. The van der Waals surface area contributed by atoms with Crippen LogP contribution < -0.4 is 21.3 Å². The van der Waals surface area contributed by atoms with Crippen molar-refractivity contribution in [3.63, 3.8) is 0 Å². The quantitative estimate of drug-likeness (QED) is 0.643. The Hall–Kier alpha value is -3.91. The Kier molecular flexibility index (Phi) is 4.79. The first kappa shape index (κ1) is 20.0. The number of benzene rings is 2. The Morgan fingerprint density at radius 1 is 0.969 bits per heavy atom. The van der Waals surface area contributed by atoms with Crippen LogP contribution in [-0.2, 0) is 11.3 Å². The monoisotopic (exact) mass is 431 g/mol. The predicted octanol–water partition coefficient (Wildman–Crippen LogP) is 2.36. The fourth-order valence-electron chi connectivity index (χ4n) is 4.49. The van der Waals surface area contributed by atoms with E-state index in [-0.39, 0.29) is 18.9 Å². The van der Waals surface area contributed by atoms with Gasteiger partial charge in [-0.3, -0.25) is 19.1 Å². The van der Waals surface area contributed by atoms with Crippen molar-refractivity contribution in [2.75, 3.05) is 26.1 Å². The number of methoxy groups -OCH3 is 2. The Balaban J connectivity index is 1.80. The molecular weight excluding hydrogens is 410 g/mol. The van der Waals surface area contributed by atoms with Crippen LogP contribution in [0, 0.1) is 0 Å². The average Bonchev–Trinajstić information content (AvgIpc) is 3.10. The number of nitrogens with zero attached hydrogens (tertiary/aromatic N) is 1. The van der Waals surface area contributed by atoms with Crippen LogP contribution in [0.15, 0.2) is 63.7 Å². The van der Waals surface area contributed by atoms with Crippen LogP contribution in [0.25, 0.3) is 5.70 Å². The molecule has 2 N–H and O–H groups in total. The van der Waals surface area contributed by atoms with Gasteiger partial charge in [-0.05, 0) is 17.7 Å². The van der Waals surface area contributed by atoms with Gasteiger partial charge in [-0.1, -0.05) is 36.4 Å². The zero-order chi connectivity index (χ0) is 22.4. The number of ether oxygens (including phenoxy) is 2. The molecule has 0 fully saturated rings. The minimum absolute atomic E-state index is 0.136. The topological polar surface area (TPSA) is 102 Å². The van der Waals surface area contributed by atoms with Crippen LogP contribution in [-0.4, -0.2) is 36.2 Å². The summed E-state index contributed by atoms with van der Waals surface area (Å²) in [6.45, 7) is 0.531. The number of aromatic amines is 1. The molecule has 1 aliphatic carbocycles. The zero-order valence-corrected chi connectivity index (χ0v) is 17.6. The van der Waals surface area contributed by atoms with Crippen molar-refractivity contribution in [3.8, 4) is 5.75 Å². The first-order valence-electron chi connectivity index (χ1n) is 10.2. The highest BCUT2D eigenvalue weighted by Crippen LogP contribution is 2.47. The molecule has 8 heteroatoms. The first-order valence-corrected chi connectivity index (χ1v) is 10.2. The molecule has 8 nitrogen and oxygen atoms in total. The number of aromatic nitrogens is 2. The predicted molar refractivity (Wildman–Crippen MR) is 119 cm³/mol. The molecular formula is C24H21N3O5. The number of carbonyl (C=O) groups is 1. The average molecular weight is 431 g/mol. The van der Waals surface area contributed by atoms with Gasteiger partial charge in [-0.2, -0.15) is 0 Å². The second-order valence-corrected chi connectivity index (χ2v) is 7.66. The number of H-pyrrole nitrogens is 1. The molecule has 0 saturated heterocycles. The van der Waals surface area contributed by atoms with Gasteiger partial charge in [0, 0.05) is 29.7 Å². The third-order valence-electron chi connectivity index (χ3n) is 5.98. The van der Waals surface area contributed by atoms with Crippen LogP contribution >= 0.6 is 0 Å². The number of hydrogen-bond donors (Lipinski definition) is 2. The highest BCUT2D eigenvalue weighted by Gasteiger charge is 2.42. The summed E-state index contributed by atoms with van der Waals surface area (Å²) in [4.78, 5) is 41.6. The Morgan fingerprint density at radius 2 is 1.69 bits per heavy atom. The molecule has 0 unspecified atom stereocenters. The van der Waals surface area contributed by atoms with Gasteiger partial charge in [0.15, 0.2) is 5.78 Å². The Labute approximate surface area is 183 Å². The van der Waals surface area contributed by atoms with E-state index in [1.807, 2.05) is 30.3 Å². The molecule has 2 aromatic carbocycles. The van der Waals surface area contributed by atoms with Gasteiger partial charge in [0.1, 0.15) is 11.6 Å². The summed E-state index contributed by atoms with van der Waals surface area (Å²) in [5.41, 5.74) is 2.45. The van der Waals surface area contributed by atoms with Gasteiger partial charge < -0.3 is 14.8 Å². The number of ketones is 1. The number of rotatable bonds is 5. The fourth-order valence-corrected chi connectivity index (χ4v) is 4.49. The largest absolute Gasteiger partial charge is 0.497 e. The number of nitrogens with one attached hydrogen (secondary N) is 2. The summed E-state index contributed by atoms with van der Waals surface area (Å²) in [6, 6.07) is 14.6. The van der Waals surface area contributed by atoms with E-state index in [0.29, 0.717) is 34.0 Å². The SMILES string of the molecule is COCCn1c2c(c(=O)[nH]c1=O)[C@H](c1ccc(OC)cc1)C1=C(N2)c2ccccc2C1=O. The van der Waals surface area contributed by atoms with E-state index < -0.39 is 17.2 Å². The van der Waals surface area contributed by atoms with E-state index in [4.69, 9.17) is 9.47 Å². The van der Waals surface area contributed by atoms with E-state index in [2.05, 4.69) is 10.3 Å². The minimum Gasteiger partial charge on any atom is -0.497 e. The van der Waals surface area contributed by atoms with Crippen LogP contribution in [0.1, 0.15) is 33.0 Å². The lowest BCUT2D eigenvalue weighted by molar-refractivity contribution is 0.103. The molecule has 162 valence electrons. The Morgan fingerprint density at radius 3 is 2.38 bits per heavy atom. The molecule has 2 aliphatic rings. The summed E-state index contributed by atoms with van der Waals surface area (Å²) < 4.78 is 11.9. The molecule has 1 aromatic heterocycles. The number of hydrogen-bond acceptors (Lipinski definition) is 6. The van der Waals surface area contributed by atoms with Gasteiger partial charge in [-0.15, -0.1) is 0 Å². The van der Waals surface area contributed by atoms with E-state index in [0.717, 1.165) is 11.1 Å². The highest BCUT2D eigenvalue weighted by molar-refractivity contribution is 6.23. The van der Waals surface area contributed by atoms with Crippen molar-refractivity contribution in [1.82, 2.24) is 9.55 Å². The lowest BCUT2D eigenvalue weighted by atomic mass is 9.81. The second kappa shape index (κ2) is 7.65. The first-order chi connectivity index (χ1) is 15.5. The molecule has 0 spiro atoms. The third kappa shape index (κ3) is 2.91. The van der Waals surface area contributed by atoms with Gasteiger partial charge >= 0.3 is 5.69 Å². The van der Waals surface area contributed by atoms with Gasteiger partial charge in [-0.25, -0.2) is 4.79 Å². The molecule has 0 saturated carbocycles. The van der Waals surface area contributed by atoms with Gasteiger partial charge in [0.05, 0.1) is 31.5 Å². The Bertz CT molecular complexity index is 1380. The van der Waals surface area contributed by atoms with E-state index in [9.17, 15) is 14.4 Å². The molecule has 2 heterocycles. The highest BCUT2D eigenvalue weighted by atomic mass is 16.5. The van der Waals surface area contributed by atoms with Crippen molar-refractivity contribution in [1.29, 1.82) is 0 Å². The lowest BCUT2D eigenvalue weighted by Gasteiger charge is -2.29. The normalized spacial score (nSPS) is 16.3. The maximum absolute atomic E-state index is 13.5. The lowest BCUT2D eigenvalue weighted by Crippen LogP contribution is -2.38. The number of allylic oxidation sites excluding steroid dienone is 1. The van der Waals surface area contributed by atoms with E-state index in [1.165, 1.54) is 4.57 Å². The molecule has 1 aliphatic heterocycles. The summed E-state index contributed by atoms with van der Waals surface area (Å²) in [5, 5.41) is 3.25. The molecule has 1 atom stereocenters. The maximum atomic E-state index is 13.5. The molecule has 0 radical (unpaired) electrons. The van der Waals surface area contributed by atoms with Crippen LogP contribution in [0.2, 0.25) is 0 Å². The van der Waals surface area contributed by atoms with Crippen molar-refractivity contribution < 1.29 is 14.3 Å². The van der Waals surface area contributed by atoms with Gasteiger partial charge in [0.2, 0.25) is 0 Å². The van der Waals surface area contributed by atoms with Crippen molar-refractivity contribution in [2.24, 2.45) is 0 Å². The standard InChI is InChI=1S/C24H21N3O5/c1-31-12-11-27-22-19(23(29)26-24(27)30)17(13-7-9-14(32-2)10-8-13)18-20(25-22)15-5-3-4-6-16(15)21(18)28/h3-10,17,25H,11-12H2,1-2H3,(H,26,29,30)/t17-/m1/s1. The molecule has 32 heavy (non-hydrogen) atoms. The van der Waals surface area contributed by atoms with Crippen molar-refractivity contribution in [3.05, 3.63) is 97.2 Å². The zero-order valence-electron chi connectivity index (χ0n) is 17.6. The van der Waals surface area contributed by atoms with Crippen molar-refractivity contribution in [2.45, 2.75) is 12.5 Å². The smallest absolute Gasteiger partial charge is 0.330 e. The number of carbonyl (C=O) groups excluding carboxylic acids is 1. The molecule has 5 rings (SSSR count). The number of anilines is 1. The van der Waals surface area contributed by atoms with Crippen LogP contribution in [0.3, 0.4) is 0 Å². The van der Waals surface area contributed by atoms with Crippen molar-refractivity contribution >= 4 is 17.3 Å². The van der Waals surface area contributed by atoms with E-state index in [1.54, 1.807) is 32.4 Å². The third-order valence-corrected chi connectivity index (χ3v) is 5.98. The van der Waals surface area contributed by atoms with Crippen LogP contribution in [0.5, 0.6) is 5.75 Å². The summed E-state index contributed by atoms with van der Waals surface area (Å²) in [7, 11) is 3.12. The summed E-state index contributed by atoms with van der Waals surface area (Å²) >= 11 is 0. The second-order valence-electron chi connectivity index (χ2n) is 7.66. The molecule has 3 aromatic rings. The summed E-state index contributed by atoms with van der Waals surface area (Å²) in [6.07, 6.45) is 0. The molecule has 0 amide bonds. The molecule has 0 bridgehead atoms. The maximum Gasteiger partial charge on any atom is 0.330 e.